The van der Waals surface area contributed by atoms with Crippen LogP contribution < -0.4 is 33.5 Å². The number of aryl methyl sites for hydroxylation is 1. The van der Waals surface area contributed by atoms with E-state index in [1.54, 1.807) is 24.3 Å². The van der Waals surface area contributed by atoms with Gasteiger partial charge in [-0.1, -0.05) is 84.6 Å². The molecule has 1 fully saturated rings. The lowest BCUT2D eigenvalue weighted by Crippen LogP contribution is -3.00. The van der Waals surface area contributed by atoms with E-state index in [0.29, 0.717) is 17.4 Å². The van der Waals surface area contributed by atoms with Crippen LogP contribution in [0.3, 0.4) is 0 Å². The highest BCUT2D eigenvalue weighted by Crippen LogP contribution is 2.28. The number of hydrogen-bond donors (Lipinski definition) is 3. The van der Waals surface area contributed by atoms with E-state index in [9.17, 15) is 14.4 Å². The van der Waals surface area contributed by atoms with E-state index >= 15 is 0 Å². The maximum Gasteiger partial charge on any atom is 0.514 e. The third-order valence-electron chi connectivity index (χ3n) is 8.67. The van der Waals surface area contributed by atoms with Crippen molar-refractivity contribution in [2.45, 2.75) is 83.8 Å². The summed E-state index contributed by atoms with van der Waals surface area (Å²) in [5, 5.41) is 6.06. The van der Waals surface area contributed by atoms with Crippen LogP contribution in [0.15, 0.2) is 77.3 Å². The second-order valence-corrected chi connectivity index (χ2v) is 13.0. The molecule has 0 bridgehead atoms. The van der Waals surface area contributed by atoms with Crippen LogP contribution in [0.4, 0.5) is 10.5 Å². The lowest BCUT2D eigenvalue weighted by atomic mass is 9.81. The fourth-order valence-electron chi connectivity index (χ4n) is 5.76. The first kappa shape index (κ1) is 38.1. The molecule has 0 heterocycles. The zero-order chi connectivity index (χ0) is 32.7. The maximum atomic E-state index is 13.6. The molecular formula is C37H47BrClN3O5. The van der Waals surface area contributed by atoms with E-state index < -0.39 is 12.2 Å². The molecule has 1 atom stereocenters. The Morgan fingerprint density at radius 3 is 2.23 bits per heavy atom. The number of carbonyl (C=O) groups is 3. The highest BCUT2D eigenvalue weighted by Gasteiger charge is 2.30. The molecular weight excluding hydrogens is 682 g/mol. The van der Waals surface area contributed by atoms with Gasteiger partial charge in [-0.3, -0.25) is 9.59 Å². The van der Waals surface area contributed by atoms with E-state index in [4.69, 9.17) is 9.47 Å². The first-order valence-corrected chi connectivity index (χ1v) is 17.3. The van der Waals surface area contributed by atoms with Gasteiger partial charge in [0.05, 0.1) is 6.54 Å². The molecule has 0 unspecified atom stereocenters. The lowest BCUT2D eigenvalue weighted by molar-refractivity contribution is -0.380. The summed E-state index contributed by atoms with van der Waals surface area (Å²) in [7, 11) is 0. The molecule has 2 amide bonds. The molecule has 1 saturated carbocycles. The van der Waals surface area contributed by atoms with Crippen molar-refractivity contribution in [2.75, 3.05) is 11.9 Å². The molecule has 0 aromatic heterocycles. The average molecular weight is 729 g/mol. The van der Waals surface area contributed by atoms with Crippen LogP contribution >= 0.6 is 15.9 Å². The second-order valence-electron chi connectivity index (χ2n) is 12.1. The van der Waals surface area contributed by atoms with Crippen LogP contribution in [-0.4, -0.2) is 30.6 Å². The van der Waals surface area contributed by atoms with E-state index in [2.05, 4.69) is 51.4 Å². The quantitative estimate of drug-likeness (QED) is 0.124. The molecule has 1 aliphatic carbocycles. The Hall–Kier alpha value is -3.40. The van der Waals surface area contributed by atoms with Crippen LogP contribution in [0.25, 0.3) is 0 Å². The number of rotatable bonds is 15. The van der Waals surface area contributed by atoms with E-state index in [-0.39, 0.29) is 43.2 Å². The molecule has 0 aliphatic heterocycles. The molecule has 0 spiro atoms. The average Bonchev–Trinajstić information content (AvgIpc) is 3.07. The lowest BCUT2D eigenvalue weighted by Gasteiger charge is -2.27. The maximum absolute atomic E-state index is 13.6. The third kappa shape index (κ3) is 12.6. The van der Waals surface area contributed by atoms with Crippen molar-refractivity contribution in [3.63, 3.8) is 0 Å². The molecule has 4 rings (SSSR count). The Balaban J connectivity index is 0.00000600. The van der Waals surface area contributed by atoms with E-state index in [0.717, 1.165) is 60.7 Å². The molecule has 3 aromatic carbocycles. The summed E-state index contributed by atoms with van der Waals surface area (Å²) in [4.78, 5) is 39.2. The van der Waals surface area contributed by atoms with Gasteiger partial charge in [0.25, 0.3) is 0 Å². The smallest absolute Gasteiger partial charge is 0.514 e. The first-order chi connectivity index (χ1) is 22.3. The van der Waals surface area contributed by atoms with Gasteiger partial charge in [-0.15, -0.1) is 0 Å². The molecule has 3 aromatic rings. The normalized spacial score (nSPS) is 16.3. The van der Waals surface area contributed by atoms with Gasteiger partial charge in [0, 0.05) is 34.0 Å². The number of benzene rings is 3. The summed E-state index contributed by atoms with van der Waals surface area (Å²) in [6.07, 6.45) is 8.90. The highest BCUT2D eigenvalue weighted by atomic mass is 79.9. The van der Waals surface area contributed by atoms with Crippen molar-refractivity contribution in [3.05, 3.63) is 94.0 Å². The van der Waals surface area contributed by atoms with Gasteiger partial charge in [-0.25, -0.2) is 4.79 Å². The summed E-state index contributed by atoms with van der Waals surface area (Å²) in [5.41, 5.74) is 7.61. The topological polar surface area (TPSA) is 121 Å². The highest BCUT2D eigenvalue weighted by molar-refractivity contribution is 9.10. The molecule has 8 nitrogen and oxygen atoms in total. The molecule has 1 aliphatic rings. The SMILES string of the molecule is CCCCCCc1ccc(NC(=O)[C@H](Cc2ccc(OC(=O)OCc3ccccc3Br)cc2)NC(=O)C2CCC(C[NH3+])CC2)cc1.[Cl-]. The summed E-state index contributed by atoms with van der Waals surface area (Å²) >= 11 is 3.44. The van der Waals surface area contributed by atoms with Gasteiger partial charge in [-0.2, -0.15) is 0 Å². The first-order valence-electron chi connectivity index (χ1n) is 16.5. The Labute approximate surface area is 293 Å². The van der Waals surface area contributed by atoms with Crippen LogP contribution in [0.2, 0.25) is 0 Å². The number of hydrogen-bond acceptors (Lipinski definition) is 5. The third-order valence-corrected chi connectivity index (χ3v) is 9.44. The van der Waals surface area contributed by atoms with E-state index in [1.807, 2.05) is 36.4 Å². The van der Waals surface area contributed by atoms with Crippen LogP contribution in [0.1, 0.15) is 75.0 Å². The number of quaternary nitrogens is 1. The second kappa shape index (κ2) is 20.1. The van der Waals surface area contributed by atoms with Gasteiger partial charge in [0.1, 0.15) is 18.4 Å². The molecule has 10 heteroatoms. The Bertz CT molecular complexity index is 1410. The molecule has 254 valence electrons. The number of amides is 2. The van der Waals surface area contributed by atoms with Crippen molar-refractivity contribution in [1.82, 2.24) is 5.32 Å². The number of carbonyl (C=O) groups excluding carboxylic acids is 3. The Kier molecular flexibility index (Phi) is 16.3. The monoisotopic (exact) mass is 727 g/mol. The number of unbranched alkanes of at least 4 members (excludes halogenated alkanes) is 3. The zero-order valence-corrected chi connectivity index (χ0v) is 29.5. The van der Waals surface area contributed by atoms with Crippen molar-refractivity contribution in [1.29, 1.82) is 0 Å². The minimum atomic E-state index is -0.812. The van der Waals surface area contributed by atoms with Crippen LogP contribution in [-0.2, 0) is 33.8 Å². The summed E-state index contributed by atoms with van der Waals surface area (Å²) in [6.45, 7) is 3.17. The fourth-order valence-corrected chi connectivity index (χ4v) is 6.16. The fraction of sp³-hybridized carbons (Fsp3) is 0.432. The van der Waals surface area contributed by atoms with Gasteiger partial charge >= 0.3 is 6.16 Å². The van der Waals surface area contributed by atoms with Crippen molar-refractivity contribution in [2.24, 2.45) is 11.8 Å². The molecule has 5 N–H and O–H groups in total. The van der Waals surface area contributed by atoms with Gasteiger partial charge in [0.2, 0.25) is 11.8 Å². The number of halogens is 2. The van der Waals surface area contributed by atoms with Crippen LogP contribution in [0, 0.1) is 11.8 Å². The van der Waals surface area contributed by atoms with Gasteiger partial charge in [0.15, 0.2) is 0 Å². The van der Waals surface area contributed by atoms with Crippen molar-refractivity contribution in [3.8, 4) is 5.75 Å². The Morgan fingerprint density at radius 1 is 0.894 bits per heavy atom. The standard InChI is InChI=1S/C37H46BrN3O5.ClH/c1-2-3-4-5-8-26-13-19-31(20-14-26)40-36(43)34(41-35(42)29-17-11-28(24-39)12-18-29)23-27-15-21-32(22-16-27)46-37(44)45-25-30-9-6-7-10-33(30)38;/h6-7,9-10,13-16,19-22,28-29,34H,2-5,8,11-12,17-18,23-25,39H2,1H3,(H,40,43)(H,41,42);1H/t28?,29?,34-;/m0./s1. The van der Waals surface area contributed by atoms with Gasteiger partial charge in [-0.05, 0) is 80.0 Å². The van der Waals surface area contributed by atoms with E-state index in [1.165, 1.54) is 24.8 Å². The number of nitrogens with one attached hydrogen (secondary N) is 2. The summed E-state index contributed by atoms with van der Waals surface area (Å²) < 4.78 is 11.4. The minimum Gasteiger partial charge on any atom is -1.00 e. The molecule has 47 heavy (non-hydrogen) atoms. The van der Waals surface area contributed by atoms with Crippen molar-refractivity contribution < 1.29 is 42.0 Å². The summed E-state index contributed by atoms with van der Waals surface area (Å²) in [5.74, 6) is 0.423. The zero-order valence-electron chi connectivity index (χ0n) is 27.1. The van der Waals surface area contributed by atoms with Gasteiger partial charge < -0.3 is 38.2 Å². The Morgan fingerprint density at radius 2 is 1.57 bits per heavy atom. The number of ether oxygens (including phenoxy) is 2. The molecule has 0 saturated heterocycles. The number of anilines is 1. The predicted octanol–water partition coefficient (Wildman–Crippen LogP) is 4.01. The largest absolute Gasteiger partial charge is 1.00 e. The predicted molar refractivity (Wildman–Crippen MR) is 183 cm³/mol. The van der Waals surface area contributed by atoms with Crippen molar-refractivity contribution >= 4 is 39.6 Å². The summed E-state index contributed by atoms with van der Waals surface area (Å²) in [6, 6.07) is 21.6. The van der Waals surface area contributed by atoms with Crippen LogP contribution in [0.5, 0.6) is 5.75 Å². The minimum absolute atomic E-state index is 0. The molecule has 0 radical (unpaired) electrons.